The van der Waals surface area contributed by atoms with Gasteiger partial charge in [-0.2, -0.15) is 0 Å². The second-order valence-electron chi connectivity index (χ2n) is 7.04. The number of nitrogens with two attached hydrogens (primary N) is 1. The third kappa shape index (κ3) is 8.12. The summed E-state index contributed by atoms with van der Waals surface area (Å²) in [6.45, 7) is 9.01. The number of thioether (sulfide) groups is 1. The van der Waals surface area contributed by atoms with E-state index >= 15 is 0 Å². The first-order chi connectivity index (χ1) is 11.2. The number of hydrogen-bond acceptors (Lipinski definition) is 4. The van der Waals surface area contributed by atoms with E-state index in [0.717, 1.165) is 4.90 Å². The van der Waals surface area contributed by atoms with E-state index < -0.39 is 0 Å². The van der Waals surface area contributed by atoms with Crippen molar-refractivity contribution in [3.8, 4) is 0 Å². The van der Waals surface area contributed by atoms with Crippen LogP contribution in [0.15, 0.2) is 29.2 Å². The zero-order valence-electron chi connectivity index (χ0n) is 15.7. The maximum Gasteiger partial charge on any atom is 0.254 e. The van der Waals surface area contributed by atoms with Crippen molar-refractivity contribution in [1.82, 2.24) is 10.2 Å². The van der Waals surface area contributed by atoms with E-state index in [0.29, 0.717) is 24.4 Å². The summed E-state index contributed by atoms with van der Waals surface area (Å²) in [5, 5.41) is 2.85. The summed E-state index contributed by atoms with van der Waals surface area (Å²) in [7, 11) is 1.78. The first kappa shape index (κ1) is 23.8. The van der Waals surface area contributed by atoms with Crippen LogP contribution in [0.2, 0.25) is 0 Å². The molecule has 5 nitrogen and oxygen atoms in total. The van der Waals surface area contributed by atoms with Gasteiger partial charge in [0.15, 0.2) is 0 Å². The molecule has 0 aliphatic heterocycles. The summed E-state index contributed by atoms with van der Waals surface area (Å²) in [5.74, 6) is 0.208. The van der Waals surface area contributed by atoms with Gasteiger partial charge >= 0.3 is 0 Å². The topological polar surface area (TPSA) is 75.4 Å². The maximum atomic E-state index is 12.8. The second-order valence-corrected chi connectivity index (χ2v) is 8.05. The SMILES string of the molecule is CC(C)NC(=O)CSc1ccccc1C(=O)N(C)CC(C)(C)CN.Cl. The van der Waals surface area contributed by atoms with Crippen LogP contribution in [0.4, 0.5) is 0 Å². The van der Waals surface area contributed by atoms with Crippen LogP contribution in [0.5, 0.6) is 0 Å². The summed E-state index contributed by atoms with van der Waals surface area (Å²) in [6.07, 6.45) is 0. The fraction of sp³-hybridized carbons (Fsp3) is 0.556. The zero-order chi connectivity index (χ0) is 18.3. The standard InChI is InChI=1S/C18H29N3O2S.ClH/c1-13(2)20-16(22)10-24-15-9-7-6-8-14(15)17(23)21(5)12-18(3,4)11-19;/h6-9,13H,10-12,19H2,1-5H3,(H,20,22);1H. The summed E-state index contributed by atoms with van der Waals surface area (Å²) in [4.78, 5) is 27.1. The Bertz CT molecular complexity index is 579. The van der Waals surface area contributed by atoms with Gasteiger partial charge in [-0.15, -0.1) is 24.2 Å². The first-order valence-corrected chi connectivity index (χ1v) is 9.11. The molecule has 0 radical (unpaired) electrons. The fourth-order valence-corrected chi connectivity index (χ4v) is 3.12. The first-order valence-electron chi connectivity index (χ1n) is 8.13. The highest BCUT2D eigenvalue weighted by molar-refractivity contribution is 8.00. The minimum Gasteiger partial charge on any atom is -0.353 e. The summed E-state index contributed by atoms with van der Waals surface area (Å²) in [5.41, 5.74) is 6.24. The van der Waals surface area contributed by atoms with Crippen LogP contribution in [-0.4, -0.2) is 48.6 Å². The molecule has 0 unspecified atom stereocenters. The highest BCUT2D eigenvalue weighted by atomic mass is 35.5. The number of benzene rings is 1. The molecule has 3 N–H and O–H groups in total. The van der Waals surface area contributed by atoms with Gasteiger partial charge in [0, 0.05) is 24.5 Å². The molecule has 0 spiro atoms. The van der Waals surface area contributed by atoms with Crippen molar-refractivity contribution >= 4 is 36.0 Å². The Kier molecular flexibility index (Phi) is 10.2. The normalized spacial score (nSPS) is 11.0. The smallest absolute Gasteiger partial charge is 0.254 e. The number of halogens is 1. The van der Waals surface area contributed by atoms with Gasteiger partial charge in [0.05, 0.1) is 11.3 Å². The molecule has 0 aliphatic carbocycles. The molecule has 1 rings (SSSR count). The Balaban J connectivity index is 0.00000576. The number of hydrogen-bond donors (Lipinski definition) is 2. The van der Waals surface area contributed by atoms with Crippen LogP contribution in [0, 0.1) is 5.41 Å². The lowest BCUT2D eigenvalue weighted by Gasteiger charge is -2.29. The van der Waals surface area contributed by atoms with Gasteiger partial charge in [0.2, 0.25) is 5.91 Å². The Morgan fingerprint density at radius 3 is 2.44 bits per heavy atom. The molecule has 0 saturated carbocycles. The van der Waals surface area contributed by atoms with E-state index in [9.17, 15) is 9.59 Å². The van der Waals surface area contributed by atoms with Gasteiger partial charge in [0.25, 0.3) is 5.91 Å². The van der Waals surface area contributed by atoms with Crippen molar-refractivity contribution in [2.45, 2.75) is 38.6 Å². The van der Waals surface area contributed by atoms with E-state index in [2.05, 4.69) is 5.32 Å². The molecule has 7 heteroatoms. The van der Waals surface area contributed by atoms with Gasteiger partial charge in [-0.05, 0) is 37.9 Å². The Labute approximate surface area is 161 Å². The Morgan fingerprint density at radius 2 is 1.88 bits per heavy atom. The second kappa shape index (κ2) is 10.7. The summed E-state index contributed by atoms with van der Waals surface area (Å²) in [6, 6.07) is 7.51. The molecule has 0 atom stereocenters. The third-order valence-electron chi connectivity index (χ3n) is 3.49. The minimum atomic E-state index is -0.135. The molecule has 1 aromatic rings. The molecule has 1 aromatic carbocycles. The number of rotatable bonds is 8. The van der Waals surface area contributed by atoms with Gasteiger partial charge in [-0.3, -0.25) is 9.59 Å². The maximum absolute atomic E-state index is 12.8. The average molecular weight is 388 g/mol. The van der Waals surface area contributed by atoms with Crippen molar-refractivity contribution < 1.29 is 9.59 Å². The lowest BCUT2D eigenvalue weighted by atomic mass is 9.93. The quantitative estimate of drug-likeness (QED) is 0.672. The number of nitrogens with zero attached hydrogens (tertiary/aromatic N) is 1. The predicted octanol–water partition coefficient (Wildman–Crippen LogP) is 2.78. The van der Waals surface area contributed by atoms with Gasteiger partial charge < -0.3 is 16.0 Å². The van der Waals surface area contributed by atoms with Crippen LogP contribution >= 0.6 is 24.2 Å². The molecule has 142 valence electrons. The molecule has 0 aliphatic rings. The van der Waals surface area contributed by atoms with Crippen molar-refractivity contribution in [3.63, 3.8) is 0 Å². The van der Waals surface area contributed by atoms with Gasteiger partial charge in [-0.25, -0.2) is 0 Å². The van der Waals surface area contributed by atoms with Gasteiger partial charge in [0.1, 0.15) is 0 Å². The van der Waals surface area contributed by atoms with Crippen LogP contribution in [0.3, 0.4) is 0 Å². The van der Waals surface area contributed by atoms with Gasteiger partial charge in [-0.1, -0.05) is 26.0 Å². The molecule has 0 bridgehead atoms. The monoisotopic (exact) mass is 387 g/mol. The Hall–Kier alpha value is -1.24. The molecule has 25 heavy (non-hydrogen) atoms. The zero-order valence-corrected chi connectivity index (χ0v) is 17.3. The van der Waals surface area contributed by atoms with Crippen molar-refractivity contribution in [1.29, 1.82) is 0 Å². The molecular weight excluding hydrogens is 358 g/mol. The van der Waals surface area contributed by atoms with Crippen molar-refractivity contribution in [2.24, 2.45) is 11.1 Å². The van der Waals surface area contributed by atoms with Crippen LogP contribution in [0.25, 0.3) is 0 Å². The van der Waals surface area contributed by atoms with E-state index in [4.69, 9.17) is 5.73 Å². The van der Waals surface area contributed by atoms with Crippen LogP contribution < -0.4 is 11.1 Å². The lowest BCUT2D eigenvalue weighted by molar-refractivity contribution is -0.119. The minimum absolute atomic E-state index is 0. The summed E-state index contributed by atoms with van der Waals surface area (Å²) < 4.78 is 0. The molecular formula is C18H30ClN3O2S. The Morgan fingerprint density at radius 1 is 1.28 bits per heavy atom. The lowest BCUT2D eigenvalue weighted by Crippen LogP contribution is -2.40. The highest BCUT2D eigenvalue weighted by Crippen LogP contribution is 2.24. The van der Waals surface area contributed by atoms with E-state index in [1.807, 2.05) is 45.9 Å². The van der Waals surface area contributed by atoms with E-state index in [1.54, 1.807) is 18.0 Å². The molecule has 0 fully saturated rings. The van der Waals surface area contributed by atoms with Crippen LogP contribution in [-0.2, 0) is 4.79 Å². The molecule has 0 heterocycles. The largest absolute Gasteiger partial charge is 0.353 e. The highest BCUT2D eigenvalue weighted by Gasteiger charge is 2.23. The number of nitrogens with one attached hydrogen (secondary N) is 1. The molecule has 0 aromatic heterocycles. The van der Waals surface area contributed by atoms with E-state index in [-0.39, 0.29) is 35.7 Å². The number of amides is 2. The molecule has 0 saturated heterocycles. The third-order valence-corrected chi connectivity index (χ3v) is 4.56. The average Bonchev–Trinajstić information content (AvgIpc) is 2.51. The predicted molar refractivity (Wildman–Crippen MR) is 107 cm³/mol. The van der Waals surface area contributed by atoms with E-state index in [1.165, 1.54) is 11.8 Å². The fourth-order valence-electron chi connectivity index (χ4n) is 2.26. The summed E-state index contributed by atoms with van der Waals surface area (Å²) >= 11 is 1.38. The number of carbonyl (C=O) groups is 2. The van der Waals surface area contributed by atoms with Crippen molar-refractivity contribution in [2.75, 3.05) is 25.9 Å². The van der Waals surface area contributed by atoms with Crippen LogP contribution in [0.1, 0.15) is 38.1 Å². The molecule has 2 amide bonds. The number of carbonyl (C=O) groups excluding carboxylic acids is 2. The van der Waals surface area contributed by atoms with Crippen molar-refractivity contribution in [3.05, 3.63) is 29.8 Å².